The van der Waals surface area contributed by atoms with Gasteiger partial charge in [0.15, 0.2) is 0 Å². The second-order valence-corrected chi connectivity index (χ2v) is 6.48. The van der Waals surface area contributed by atoms with Crippen molar-refractivity contribution in [2.75, 3.05) is 19.1 Å². The number of H-pyrrole nitrogens is 1. The molecular formula is C21H20N4O3. The number of hydrogen-bond donors (Lipinski definition) is 2. The van der Waals surface area contributed by atoms with Crippen LogP contribution in [0.4, 0.5) is 0 Å². The zero-order valence-corrected chi connectivity index (χ0v) is 15.7. The minimum Gasteiger partial charge on any atom is -0.465 e. The van der Waals surface area contributed by atoms with Gasteiger partial charge in [-0.1, -0.05) is 25.1 Å². The molecule has 0 aliphatic carbocycles. The average Bonchev–Trinajstić information content (AvgIpc) is 3.09. The number of ether oxygens (including phenoxy) is 1. The van der Waals surface area contributed by atoms with Gasteiger partial charge in [-0.25, -0.2) is 9.78 Å². The average molecular weight is 376 g/mol. The topological polar surface area (TPSA) is 89.0 Å². The summed E-state index contributed by atoms with van der Waals surface area (Å²) in [6.07, 6.45) is 2.88. The molecule has 4 rings (SSSR count). The summed E-state index contributed by atoms with van der Waals surface area (Å²) in [5.74, 6) is -0.461. The Kier molecular flexibility index (Phi) is 4.57. The number of nitrogens with one attached hydrogen (secondary N) is 2. The molecule has 0 aliphatic rings. The Hall–Kier alpha value is -3.61. The van der Waals surface area contributed by atoms with Gasteiger partial charge in [-0.3, -0.25) is 9.47 Å². The van der Waals surface area contributed by atoms with E-state index in [-0.39, 0.29) is 5.56 Å². The van der Waals surface area contributed by atoms with Crippen molar-refractivity contribution in [1.29, 1.82) is 0 Å². The maximum absolute atomic E-state index is 12.8. The van der Waals surface area contributed by atoms with E-state index in [9.17, 15) is 9.59 Å². The quantitative estimate of drug-likeness (QED) is 0.522. The Labute approximate surface area is 160 Å². The summed E-state index contributed by atoms with van der Waals surface area (Å²) in [6.45, 7) is 2.91. The number of esters is 1. The van der Waals surface area contributed by atoms with Crippen molar-refractivity contribution in [2.45, 2.75) is 13.3 Å². The van der Waals surface area contributed by atoms with Gasteiger partial charge in [-0.05, 0) is 30.7 Å². The van der Waals surface area contributed by atoms with Crippen molar-refractivity contribution in [1.82, 2.24) is 14.6 Å². The third-order valence-electron chi connectivity index (χ3n) is 4.61. The van der Waals surface area contributed by atoms with Gasteiger partial charge in [-0.2, -0.15) is 0 Å². The molecule has 0 radical (unpaired) electrons. The summed E-state index contributed by atoms with van der Waals surface area (Å²) < 4.78 is 6.66. The summed E-state index contributed by atoms with van der Waals surface area (Å²) in [5.41, 5.74) is 6.54. The molecule has 2 heterocycles. The third kappa shape index (κ3) is 3.00. The lowest BCUT2D eigenvalue weighted by Gasteiger charge is -2.07. The van der Waals surface area contributed by atoms with E-state index < -0.39 is 5.97 Å². The van der Waals surface area contributed by atoms with E-state index >= 15 is 0 Å². The molecule has 0 bridgehead atoms. The van der Waals surface area contributed by atoms with Gasteiger partial charge in [-0.15, -0.1) is 0 Å². The highest BCUT2D eigenvalue weighted by atomic mass is 16.5. The molecule has 28 heavy (non-hydrogen) atoms. The summed E-state index contributed by atoms with van der Waals surface area (Å²) in [7, 11) is 1.32. The van der Waals surface area contributed by atoms with Crippen LogP contribution in [0.2, 0.25) is 0 Å². The molecule has 0 spiro atoms. The summed E-state index contributed by atoms with van der Waals surface area (Å²) in [4.78, 5) is 31.9. The Morgan fingerprint density at radius 1 is 1.25 bits per heavy atom. The highest BCUT2D eigenvalue weighted by Crippen LogP contribution is 2.28. The molecule has 2 N–H and O–H groups in total. The van der Waals surface area contributed by atoms with Crippen molar-refractivity contribution >= 4 is 27.9 Å². The van der Waals surface area contributed by atoms with Crippen LogP contribution >= 0.6 is 0 Å². The van der Waals surface area contributed by atoms with E-state index in [2.05, 4.69) is 22.3 Å². The first-order valence-electron chi connectivity index (χ1n) is 9.09. The van der Waals surface area contributed by atoms with E-state index in [1.807, 2.05) is 35.1 Å². The summed E-state index contributed by atoms with van der Waals surface area (Å²) in [6, 6.07) is 12.8. The summed E-state index contributed by atoms with van der Waals surface area (Å²) >= 11 is 0. The molecule has 0 atom stereocenters. The molecule has 2 aromatic carbocycles. The first kappa shape index (κ1) is 17.8. The second-order valence-electron chi connectivity index (χ2n) is 6.48. The van der Waals surface area contributed by atoms with Crippen LogP contribution in [-0.4, -0.2) is 34.3 Å². The van der Waals surface area contributed by atoms with Crippen LogP contribution in [0, 0.1) is 0 Å². The van der Waals surface area contributed by atoms with Gasteiger partial charge in [0.05, 0.1) is 29.2 Å². The van der Waals surface area contributed by atoms with Crippen LogP contribution < -0.4 is 11.0 Å². The third-order valence-corrected chi connectivity index (χ3v) is 4.61. The fourth-order valence-electron chi connectivity index (χ4n) is 3.25. The van der Waals surface area contributed by atoms with Gasteiger partial charge in [0, 0.05) is 23.7 Å². The Morgan fingerprint density at radius 3 is 2.86 bits per heavy atom. The zero-order valence-electron chi connectivity index (χ0n) is 15.7. The molecule has 0 fully saturated rings. The number of aromatic amines is 1. The Balaban J connectivity index is 1.88. The number of aromatic nitrogens is 3. The number of carbonyl (C=O) groups is 1. The zero-order chi connectivity index (χ0) is 19.7. The molecule has 7 nitrogen and oxygen atoms in total. The van der Waals surface area contributed by atoms with Crippen LogP contribution in [0.15, 0.2) is 53.5 Å². The van der Waals surface area contributed by atoms with Gasteiger partial charge >= 0.3 is 5.97 Å². The molecule has 0 unspecified atom stereocenters. The van der Waals surface area contributed by atoms with Crippen LogP contribution in [0.25, 0.3) is 33.2 Å². The predicted molar refractivity (Wildman–Crippen MR) is 109 cm³/mol. The van der Waals surface area contributed by atoms with E-state index in [0.717, 1.165) is 29.4 Å². The van der Waals surface area contributed by atoms with E-state index in [4.69, 9.17) is 4.74 Å². The molecule has 0 aliphatic heterocycles. The fraction of sp³-hybridized carbons (Fsp3) is 0.190. The first-order valence-corrected chi connectivity index (χ1v) is 9.09. The standard InChI is InChI=1S/C21H20N4O3/c1-3-10-22-25-12-15(14-6-4-5-7-18(14)25)19-20(26)24-17-11-13(21(27)28-2)8-9-16(17)23-19/h4-9,11-12,22H,3,10H2,1-2H3,(H,24,26). The van der Waals surface area contributed by atoms with Gasteiger partial charge in [0.2, 0.25) is 0 Å². The Bertz CT molecular complexity index is 1240. The number of methoxy groups -OCH3 is 1. The van der Waals surface area contributed by atoms with Crippen molar-refractivity contribution < 1.29 is 9.53 Å². The van der Waals surface area contributed by atoms with Gasteiger partial charge < -0.3 is 15.1 Å². The van der Waals surface area contributed by atoms with Crippen molar-refractivity contribution in [3.05, 3.63) is 64.6 Å². The molecule has 7 heteroatoms. The number of para-hydroxylation sites is 1. The van der Waals surface area contributed by atoms with Gasteiger partial charge in [0.1, 0.15) is 5.69 Å². The number of nitrogens with zero attached hydrogens (tertiary/aromatic N) is 2. The van der Waals surface area contributed by atoms with Crippen molar-refractivity contribution in [2.24, 2.45) is 0 Å². The lowest BCUT2D eigenvalue weighted by Crippen LogP contribution is -2.14. The largest absolute Gasteiger partial charge is 0.465 e. The lowest BCUT2D eigenvalue weighted by atomic mass is 10.1. The molecule has 4 aromatic rings. The first-order chi connectivity index (χ1) is 13.6. The number of rotatable bonds is 5. The van der Waals surface area contributed by atoms with E-state index in [1.165, 1.54) is 7.11 Å². The highest BCUT2D eigenvalue weighted by Gasteiger charge is 2.16. The Morgan fingerprint density at radius 2 is 2.07 bits per heavy atom. The molecule has 0 amide bonds. The van der Waals surface area contributed by atoms with Crippen LogP contribution in [0.3, 0.4) is 0 Å². The van der Waals surface area contributed by atoms with Crippen LogP contribution in [-0.2, 0) is 4.74 Å². The predicted octanol–water partition coefficient (Wildman–Crippen LogP) is 3.28. The molecule has 0 saturated heterocycles. The smallest absolute Gasteiger partial charge is 0.337 e. The molecule has 142 valence electrons. The van der Waals surface area contributed by atoms with Gasteiger partial charge in [0.25, 0.3) is 5.56 Å². The molecular weight excluding hydrogens is 356 g/mol. The number of benzene rings is 2. The SMILES string of the molecule is CCCNn1cc(-c2nc3ccc(C(=O)OC)cc3[nH]c2=O)c2ccccc21. The van der Waals surface area contributed by atoms with E-state index in [0.29, 0.717) is 22.3 Å². The molecule has 2 aromatic heterocycles. The summed E-state index contributed by atoms with van der Waals surface area (Å²) in [5, 5.41) is 0.939. The minimum absolute atomic E-state index is 0.312. The molecule has 0 saturated carbocycles. The second kappa shape index (κ2) is 7.19. The maximum atomic E-state index is 12.8. The van der Waals surface area contributed by atoms with Crippen molar-refractivity contribution in [3.8, 4) is 11.3 Å². The number of hydrogen-bond acceptors (Lipinski definition) is 5. The van der Waals surface area contributed by atoms with Crippen LogP contribution in [0.1, 0.15) is 23.7 Å². The number of fused-ring (bicyclic) bond motifs is 2. The normalized spacial score (nSPS) is 11.1. The fourth-order valence-corrected chi connectivity index (χ4v) is 3.25. The van der Waals surface area contributed by atoms with Crippen LogP contribution in [0.5, 0.6) is 0 Å². The number of carbonyl (C=O) groups excluding carboxylic acids is 1. The van der Waals surface area contributed by atoms with Crippen molar-refractivity contribution in [3.63, 3.8) is 0 Å². The van der Waals surface area contributed by atoms with E-state index in [1.54, 1.807) is 18.2 Å². The highest BCUT2D eigenvalue weighted by molar-refractivity contribution is 5.97. The maximum Gasteiger partial charge on any atom is 0.337 e. The lowest BCUT2D eigenvalue weighted by molar-refractivity contribution is 0.0601. The minimum atomic E-state index is -0.461. The monoisotopic (exact) mass is 376 g/mol.